The van der Waals surface area contributed by atoms with Crippen molar-refractivity contribution in [2.45, 2.75) is 185 Å². The molecular formula is C100H139N13O25S2. The third-order valence-electron chi connectivity index (χ3n) is 24.9. The van der Waals surface area contributed by atoms with E-state index in [1.807, 2.05) is 32.0 Å². The van der Waals surface area contributed by atoms with Crippen LogP contribution in [0.25, 0.3) is 0 Å². The highest BCUT2D eigenvalue weighted by atomic mass is 32.2. The van der Waals surface area contributed by atoms with E-state index in [0.717, 1.165) is 33.3 Å². The van der Waals surface area contributed by atoms with Crippen LogP contribution in [0.1, 0.15) is 146 Å². The van der Waals surface area contributed by atoms with Gasteiger partial charge in [0.2, 0.25) is 47.1 Å². The summed E-state index contributed by atoms with van der Waals surface area (Å²) in [6.45, 7) is 21.8. The number of aliphatic hydroxyl groups excluding tert-OH is 1. The average Bonchev–Trinajstić information content (AvgIpc) is 1.61. The smallest absolute Gasteiger partial charge is 0.410 e. The monoisotopic (exact) mass is 1990 g/mol. The van der Waals surface area contributed by atoms with Crippen molar-refractivity contribution in [2.75, 3.05) is 165 Å². The molecule has 9 N–H and O–H groups in total. The molecule has 38 nitrogen and oxygen atoms in total. The number of anilines is 2. The molecule has 3 saturated heterocycles. The Balaban J connectivity index is 0.710. The number of likely N-dealkylation sites (N-methyl/N-ethyl adjacent to an activating group) is 2. The molecule has 0 aromatic heterocycles. The van der Waals surface area contributed by atoms with Gasteiger partial charge in [-0.3, -0.25) is 57.6 Å². The van der Waals surface area contributed by atoms with Gasteiger partial charge in [-0.15, -0.1) is 0 Å². The second kappa shape index (κ2) is 55.7. The predicted molar refractivity (Wildman–Crippen MR) is 524 cm³/mol. The summed E-state index contributed by atoms with van der Waals surface area (Å²) in [5.74, 6) is -6.95. The number of carbonyl (C=O) groups is 13. The second-order valence-corrected chi connectivity index (χ2v) is 37.9. The Labute approximate surface area is 827 Å². The van der Waals surface area contributed by atoms with Crippen molar-refractivity contribution in [3.63, 3.8) is 0 Å². The fraction of sp³-hybridized carbons (Fsp3) is 0.550. The fourth-order valence-electron chi connectivity index (χ4n) is 17.0. The van der Waals surface area contributed by atoms with Crippen LogP contribution in [0.15, 0.2) is 135 Å². The number of imide groups is 1. The van der Waals surface area contributed by atoms with Crippen molar-refractivity contribution in [1.29, 1.82) is 0 Å². The summed E-state index contributed by atoms with van der Waals surface area (Å²) in [5.41, 5.74) is 7.83. The molecule has 3 fully saturated rings. The molecule has 5 aromatic rings. The molecule has 9 rings (SSSR count). The van der Waals surface area contributed by atoms with Gasteiger partial charge in [0.1, 0.15) is 44.0 Å². The van der Waals surface area contributed by atoms with Crippen molar-refractivity contribution in [1.82, 2.24) is 51.1 Å². The number of nitrogens with two attached hydrogens (primary N) is 1. The van der Waals surface area contributed by atoms with Crippen molar-refractivity contribution in [2.24, 2.45) is 35.3 Å². The van der Waals surface area contributed by atoms with E-state index >= 15 is 0 Å². The highest BCUT2D eigenvalue weighted by Crippen LogP contribution is 2.48. The fourth-order valence-corrected chi connectivity index (χ4v) is 18.9. The molecular weight excluding hydrogens is 1850 g/mol. The number of likely N-dealkylation sites (tertiary alicyclic amines) is 1. The van der Waals surface area contributed by atoms with Crippen LogP contribution in [0, 0.1) is 29.6 Å². The van der Waals surface area contributed by atoms with Crippen molar-refractivity contribution in [3.8, 4) is 17.2 Å². The zero-order valence-electron chi connectivity index (χ0n) is 82.9. The van der Waals surface area contributed by atoms with Crippen LogP contribution in [0.4, 0.5) is 21.0 Å². The summed E-state index contributed by atoms with van der Waals surface area (Å²) in [6.07, 6.45) is -1.31. The first kappa shape index (κ1) is 112. The number of benzene rings is 5. The average molecular weight is 1990 g/mol. The van der Waals surface area contributed by atoms with Crippen LogP contribution in [0.3, 0.4) is 0 Å². The number of aliphatic hydroxyl groups is 1. The molecule has 14 amide bonds. The quantitative estimate of drug-likeness (QED) is 0.0134. The lowest BCUT2D eigenvalue weighted by Crippen LogP contribution is -2.60. The van der Waals surface area contributed by atoms with Crippen LogP contribution in [-0.4, -0.2) is 316 Å². The van der Waals surface area contributed by atoms with Crippen LogP contribution in [0.2, 0.25) is 0 Å². The summed E-state index contributed by atoms with van der Waals surface area (Å²) in [5, 5.41) is 27.6. The molecule has 0 bridgehead atoms. The van der Waals surface area contributed by atoms with Gasteiger partial charge in [0.15, 0.2) is 11.5 Å². The summed E-state index contributed by atoms with van der Waals surface area (Å²) >= 11 is 2.16. The molecule has 1 unspecified atom stereocenters. The Hall–Kier alpha value is -11.5. The van der Waals surface area contributed by atoms with Crippen LogP contribution >= 0.6 is 23.5 Å². The number of amides is 14. The van der Waals surface area contributed by atoms with Crippen molar-refractivity contribution < 1.29 is 120 Å². The van der Waals surface area contributed by atoms with E-state index in [4.69, 9.17) is 57.8 Å². The molecule has 4 aliphatic heterocycles. The van der Waals surface area contributed by atoms with Gasteiger partial charge >= 0.3 is 12.1 Å². The van der Waals surface area contributed by atoms with E-state index in [9.17, 15) is 67.4 Å². The lowest BCUT2D eigenvalue weighted by Gasteiger charge is -2.41. The molecule has 40 heteroatoms. The SMILES string of the molecule is CCC(C)[C@@H]([C@@H](CC(=O)N1CCC[C@H]1[C@H](OC)[C@@H](C)C(=O)N[C@H](C)[C@@H](O)c1ccccc1)OC)N(C)C(=O)[C@@H](NC(=O)[C@H](C(C)C)N(C)C(=O)OCc1ccc(NC(=O)[C@H](CCCNC(N)=O)NC(=O)[C@@H](NC(=O)COCCOCCOCCOc2c(OC)cc(N3C(=O)C(Sc4ccc(C(=O)N5CCOCC5)cc4)=C(Sc4ccc(C(=O)N5CCOCC5)cc4)C3=O)cc2OC)C(C)C)cc1)C(C)C. The summed E-state index contributed by atoms with van der Waals surface area (Å²) < 4.78 is 63.4. The number of nitrogens with zero attached hydrogens (tertiary/aromatic N) is 6. The number of urea groups is 1. The minimum atomic E-state index is -1.18. The molecule has 5 aromatic carbocycles. The van der Waals surface area contributed by atoms with E-state index in [-0.39, 0.29) is 134 Å². The molecule has 140 heavy (non-hydrogen) atoms. The maximum absolute atomic E-state index is 14.9. The van der Waals surface area contributed by atoms with Crippen LogP contribution in [-0.2, 0) is 87.7 Å². The number of nitrogens with one attached hydrogen (secondary N) is 6. The number of thioether (sulfide) groups is 2. The van der Waals surface area contributed by atoms with E-state index in [1.54, 1.807) is 167 Å². The number of methoxy groups -OCH3 is 4. The Kier molecular flexibility index (Phi) is 44.6. The minimum Gasteiger partial charge on any atom is -0.493 e. The largest absolute Gasteiger partial charge is 0.493 e. The Morgan fingerprint density at radius 3 is 1.64 bits per heavy atom. The highest BCUT2D eigenvalue weighted by molar-refractivity contribution is 8.08. The maximum atomic E-state index is 14.9. The Morgan fingerprint density at radius 2 is 1.14 bits per heavy atom. The molecule has 0 aliphatic carbocycles. The molecule has 4 heterocycles. The van der Waals surface area contributed by atoms with Crippen LogP contribution < -0.4 is 56.7 Å². The van der Waals surface area contributed by atoms with E-state index in [1.165, 1.54) is 47.6 Å². The number of hydrogen-bond acceptors (Lipinski definition) is 27. The zero-order chi connectivity index (χ0) is 102. The standard InChI is InChI=1S/C100H139N13O25S2/c1-17-63(8)84(76(128-13)57-80(115)112-40-22-26-75(112)86(131-16)64(9)90(117)103-65(10)85(116)67-23-19-18-20-24-67)108(11)96(123)82(61(4)5)107-93(120)83(62(6)7)109(12)100(127)138-58-66-27-33-70(34-28-66)104-91(118)74(25-21-39-102-99(101)126)105-92(119)81(60(2)3)106-79(114)59-136-52-51-134-49-50-135-53-54-137-87-77(129-14)55-71(56-78(87)130-15)113-97(124)88(139-72-35-29-68(30-36-72)94(121)110-41-45-132-46-42-110)89(98(113)125)140-73-37-31-69(32-38-73)95(122)111-43-47-133-48-44-111/h18-20,23-24,27-38,55-56,60-65,74-76,81-86,116H,17,21-22,25-26,39-54,57-59H2,1-16H3,(H,103,117)(H,104,118)(H,105,119)(H,106,114)(H,107,120)(H3,101,102,126)/t63?,64-,65-,74+,75+,76-,81+,82+,83+,84+,85-,86-/m1/s1. The lowest BCUT2D eigenvalue weighted by molar-refractivity contribution is -0.148. The maximum Gasteiger partial charge on any atom is 0.410 e. The van der Waals surface area contributed by atoms with E-state index < -0.39 is 144 Å². The van der Waals surface area contributed by atoms with Gasteiger partial charge in [0.05, 0.1) is 138 Å². The van der Waals surface area contributed by atoms with Gasteiger partial charge in [-0.2, -0.15) is 0 Å². The second-order valence-electron chi connectivity index (χ2n) is 35.8. The molecule has 0 spiro atoms. The highest BCUT2D eigenvalue weighted by Gasteiger charge is 2.46. The van der Waals surface area contributed by atoms with Gasteiger partial charge in [-0.1, -0.05) is 135 Å². The minimum absolute atomic E-state index is 0.00552. The number of ether oxygens (including phenoxy) is 11. The topological polar surface area (TPSA) is 461 Å². The Morgan fingerprint density at radius 1 is 0.593 bits per heavy atom. The number of morpholine rings is 2. The third-order valence-corrected chi connectivity index (χ3v) is 27.2. The van der Waals surface area contributed by atoms with Gasteiger partial charge < -0.3 is 114 Å². The molecule has 4 aliphatic rings. The summed E-state index contributed by atoms with van der Waals surface area (Å²) in [7, 11) is 8.85. The molecule has 0 saturated carbocycles. The molecule has 12 atom stereocenters. The molecule has 0 radical (unpaired) electrons. The van der Waals surface area contributed by atoms with Gasteiger partial charge in [-0.25, -0.2) is 14.5 Å². The van der Waals surface area contributed by atoms with Gasteiger partial charge in [0.25, 0.3) is 23.6 Å². The first-order chi connectivity index (χ1) is 67.0. The normalized spacial score (nSPS) is 16.9. The number of carbonyl (C=O) groups excluding carboxylic acids is 13. The molecule has 766 valence electrons. The third kappa shape index (κ3) is 31.3. The summed E-state index contributed by atoms with van der Waals surface area (Å²) in [4.78, 5) is 191. The number of hydrogen-bond donors (Lipinski definition) is 8. The van der Waals surface area contributed by atoms with Gasteiger partial charge in [0, 0.05) is 106 Å². The summed E-state index contributed by atoms with van der Waals surface area (Å²) in [6, 6.07) is 24.9. The number of primary amides is 1. The predicted octanol–water partition coefficient (Wildman–Crippen LogP) is 8.35. The Bertz CT molecular complexity index is 4890. The number of rotatable bonds is 53. The van der Waals surface area contributed by atoms with Crippen LogP contribution in [0.5, 0.6) is 17.2 Å². The first-order valence-corrected chi connectivity index (χ1v) is 49.1. The van der Waals surface area contributed by atoms with Crippen molar-refractivity contribution >= 4 is 112 Å². The first-order valence-electron chi connectivity index (χ1n) is 47.5. The zero-order valence-corrected chi connectivity index (χ0v) is 84.6. The van der Waals surface area contributed by atoms with E-state index in [0.29, 0.717) is 116 Å². The van der Waals surface area contributed by atoms with E-state index in [2.05, 4.69) is 31.9 Å². The lowest BCUT2D eigenvalue weighted by atomic mass is 9.89. The van der Waals surface area contributed by atoms with Gasteiger partial charge in [-0.05, 0) is 128 Å². The van der Waals surface area contributed by atoms with Crippen molar-refractivity contribution in [3.05, 3.63) is 147 Å².